The fourth-order valence-electron chi connectivity index (χ4n) is 2.69. The summed E-state index contributed by atoms with van der Waals surface area (Å²) in [5.74, 6) is -0.311. The molecule has 3 rings (SSSR count). The Labute approximate surface area is 185 Å². The normalized spacial score (nSPS) is 11.8. The van der Waals surface area contributed by atoms with Crippen molar-refractivity contribution in [2.45, 2.75) is 45.8 Å². The highest BCUT2D eigenvalue weighted by Crippen LogP contribution is 2.24. The number of amides is 2. The minimum Gasteiger partial charge on any atom is -0.444 e. The molecular formula is C22H27N5O3S. The third kappa shape index (κ3) is 6.39. The van der Waals surface area contributed by atoms with E-state index in [-0.39, 0.29) is 12.5 Å². The van der Waals surface area contributed by atoms with Crippen molar-refractivity contribution in [1.82, 2.24) is 25.4 Å². The Morgan fingerprint density at radius 2 is 1.84 bits per heavy atom. The van der Waals surface area contributed by atoms with Crippen LogP contribution < -0.4 is 10.6 Å². The average Bonchev–Trinajstić information content (AvgIpc) is 3.35. The highest BCUT2D eigenvalue weighted by atomic mass is 32.1. The molecule has 9 heteroatoms. The molecule has 0 saturated carbocycles. The van der Waals surface area contributed by atoms with E-state index in [1.54, 1.807) is 37.0 Å². The lowest BCUT2D eigenvalue weighted by molar-refractivity contribution is 0.0509. The molecule has 0 bridgehead atoms. The zero-order valence-corrected chi connectivity index (χ0v) is 19.1. The molecule has 0 radical (unpaired) electrons. The van der Waals surface area contributed by atoms with Crippen LogP contribution in [0.25, 0.3) is 16.3 Å². The molecule has 2 N–H and O–H groups in total. The van der Waals surface area contributed by atoms with Gasteiger partial charge in [-0.2, -0.15) is 5.10 Å². The molecule has 8 nitrogen and oxygen atoms in total. The van der Waals surface area contributed by atoms with Crippen LogP contribution in [-0.2, 0) is 4.74 Å². The van der Waals surface area contributed by atoms with E-state index in [2.05, 4.69) is 20.7 Å². The number of thiazole rings is 1. The fourth-order valence-corrected chi connectivity index (χ4v) is 3.46. The van der Waals surface area contributed by atoms with Crippen LogP contribution >= 0.6 is 11.3 Å². The van der Waals surface area contributed by atoms with E-state index >= 15 is 0 Å². The molecule has 0 aliphatic carbocycles. The van der Waals surface area contributed by atoms with Gasteiger partial charge in [0, 0.05) is 23.7 Å². The summed E-state index contributed by atoms with van der Waals surface area (Å²) < 4.78 is 6.99. The summed E-state index contributed by atoms with van der Waals surface area (Å²) in [6.45, 7) is 9.24. The van der Waals surface area contributed by atoms with Crippen molar-refractivity contribution < 1.29 is 14.3 Å². The topological polar surface area (TPSA) is 98.1 Å². The summed E-state index contributed by atoms with van der Waals surface area (Å²) >= 11 is 1.38. The van der Waals surface area contributed by atoms with Crippen molar-refractivity contribution in [3.8, 4) is 16.3 Å². The van der Waals surface area contributed by atoms with Gasteiger partial charge in [0.1, 0.15) is 16.3 Å². The van der Waals surface area contributed by atoms with E-state index in [1.165, 1.54) is 11.3 Å². The van der Waals surface area contributed by atoms with Crippen LogP contribution in [0, 0.1) is 0 Å². The Morgan fingerprint density at radius 3 is 2.52 bits per heavy atom. The Morgan fingerprint density at radius 1 is 1.13 bits per heavy atom. The second-order valence-corrected chi connectivity index (χ2v) is 9.60. The lowest BCUT2D eigenvalue weighted by Crippen LogP contribution is -2.52. The Bertz CT molecular complexity index is 1050. The fraction of sp³-hybridized carbons (Fsp3) is 0.364. The maximum absolute atomic E-state index is 12.7. The van der Waals surface area contributed by atoms with Crippen LogP contribution in [0.3, 0.4) is 0 Å². The van der Waals surface area contributed by atoms with Gasteiger partial charge in [0.05, 0.1) is 17.4 Å². The second kappa shape index (κ2) is 8.89. The van der Waals surface area contributed by atoms with E-state index in [4.69, 9.17) is 4.74 Å². The van der Waals surface area contributed by atoms with Gasteiger partial charge >= 0.3 is 6.09 Å². The van der Waals surface area contributed by atoms with Gasteiger partial charge in [-0.3, -0.25) is 4.79 Å². The number of rotatable bonds is 6. The first-order chi connectivity index (χ1) is 14.5. The standard InChI is InChI=1S/C22H27N5O3S/c1-21(2,3)30-20(29)23-14-22(4,5)26-18(28)17-13-31-19(25-17)15-11-24-27(12-15)16-9-7-6-8-10-16/h6-13H,14H2,1-5H3,(H,23,29)(H,26,28). The molecule has 0 unspecified atom stereocenters. The van der Waals surface area contributed by atoms with Crippen molar-refractivity contribution in [1.29, 1.82) is 0 Å². The highest BCUT2D eigenvalue weighted by Gasteiger charge is 2.25. The first-order valence-corrected chi connectivity index (χ1v) is 10.8. The molecule has 2 heterocycles. The summed E-state index contributed by atoms with van der Waals surface area (Å²) in [6, 6.07) is 9.77. The third-order valence-corrected chi connectivity index (χ3v) is 5.00. The zero-order valence-electron chi connectivity index (χ0n) is 18.3. The molecule has 31 heavy (non-hydrogen) atoms. The largest absolute Gasteiger partial charge is 0.444 e. The summed E-state index contributed by atoms with van der Waals surface area (Å²) in [5.41, 5.74) is 0.831. The van der Waals surface area contributed by atoms with E-state index in [1.807, 2.05) is 50.4 Å². The molecule has 3 aromatic rings. The number of carbonyl (C=O) groups excluding carboxylic acids is 2. The van der Waals surface area contributed by atoms with E-state index in [0.29, 0.717) is 10.7 Å². The molecule has 2 amide bonds. The van der Waals surface area contributed by atoms with Gasteiger partial charge < -0.3 is 15.4 Å². The number of carbonyl (C=O) groups is 2. The predicted molar refractivity (Wildman–Crippen MR) is 120 cm³/mol. The van der Waals surface area contributed by atoms with Crippen LogP contribution in [0.5, 0.6) is 0 Å². The van der Waals surface area contributed by atoms with Crippen LogP contribution in [0.15, 0.2) is 48.1 Å². The maximum atomic E-state index is 12.7. The average molecular weight is 442 g/mol. The highest BCUT2D eigenvalue weighted by molar-refractivity contribution is 7.13. The first-order valence-electron chi connectivity index (χ1n) is 9.88. The third-order valence-electron chi connectivity index (χ3n) is 4.11. The summed E-state index contributed by atoms with van der Waals surface area (Å²) in [5, 5.41) is 12.4. The number of benzene rings is 1. The molecule has 2 aromatic heterocycles. The summed E-state index contributed by atoms with van der Waals surface area (Å²) in [6.07, 6.45) is 3.08. The lowest BCUT2D eigenvalue weighted by atomic mass is 10.1. The van der Waals surface area contributed by atoms with Gasteiger partial charge in [0.25, 0.3) is 5.91 Å². The number of para-hydroxylation sites is 1. The Hall–Kier alpha value is -3.20. The monoisotopic (exact) mass is 441 g/mol. The van der Waals surface area contributed by atoms with Crippen molar-refractivity contribution in [3.63, 3.8) is 0 Å². The molecule has 0 aliphatic rings. The molecule has 0 spiro atoms. The Balaban J connectivity index is 1.61. The van der Waals surface area contributed by atoms with E-state index in [0.717, 1.165) is 11.3 Å². The molecule has 0 fully saturated rings. The van der Waals surface area contributed by atoms with E-state index < -0.39 is 17.2 Å². The van der Waals surface area contributed by atoms with Gasteiger partial charge in [0.15, 0.2) is 0 Å². The van der Waals surface area contributed by atoms with Crippen molar-refractivity contribution >= 4 is 23.3 Å². The predicted octanol–water partition coefficient (Wildman–Crippen LogP) is 4.03. The van der Waals surface area contributed by atoms with Crippen molar-refractivity contribution in [2.75, 3.05) is 6.54 Å². The molecule has 0 atom stereocenters. The van der Waals surface area contributed by atoms with Crippen LogP contribution in [0.2, 0.25) is 0 Å². The summed E-state index contributed by atoms with van der Waals surface area (Å²) in [4.78, 5) is 29.0. The van der Waals surface area contributed by atoms with Gasteiger partial charge in [-0.05, 0) is 46.8 Å². The summed E-state index contributed by atoms with van der Waals surface area (Å²) in [7, 11) is 0. The zero-order chi connectivity index (χ0) is 22.6. The van der Waals surface area contributed by atoms with Crippen molar-refractivity contribution in [2.24, 2.45) is 0 Å². The van der Waals surface area contributed by atoms with Gasteiger partial charge in [-0.1, -0.05) is 18.2 Å². The lowest BCUT2D eigenvalue weighted by Gasteiger charge is -2.27. The van der Waals surface area contributed by atoms with Gasteiger partial charge in [-0.25, -0.2) is 14.5 Å². The number of nitrogens with zero attached hydrogens (tertiary/aromatic N) is 3. The van der Waals surface area contributed by atoms with Gasteiger partial charge in [-0.15, -0.1) is 11.3 Å². The SMILES string of the molecule is CC(C)(CNC(=O)OC(C)(C)C)NC(=O)c1csc(-c2cnn(-c3ccccc3)c2)n1. The quantitative estimate of drug-likeness (QED) is 0.602. The Kier molecular flexibility index (Phi) is 6.45. The van der Waals surface area contributed by atoms with E-state index in [9.17, 15) is 9.59 Å². The number of hydrogen-bond donors (Lipinski definition) is 2. The first kappa shape index (κ1) is 22.5. The molecule has 0 aliphatic heterocycles. The number of alkyl carbamates (subject to hydrolysis) is 1. The van der Waals surface area contributed by atoms with Crippen LogP contribution in [0.1, 0.15) is 45.1 Å². The number of hydrogen-bond acceptors (Lipinski definition) is 6. The molecule has 1 aromatic carbocycles. The second-order valence-electron chi connectivity index (χ2n) is 8.74. The minimum absolute atomic E-state index is 0.217. The van der Waals surface area contributed by atoms with Crippen LogP contribution in [-0.4, -0.2) is 44.4 Å². The van der Waals surface area contributed by atoms with Crippen molar-refractivity contribution in [3.05, 3.63) is 53.8 Å². The molecule has 164 valence electrons. The smallest absolute Gasteiger partial charge is 0.407 e. The number of aromatic nitrogens is 3. The maximum Gasteiger partial charge on any atom is 0.407 e. The number of nitrogens with one attached hydrogen (secondary N) is 2. The minimum atomic E-state index is -0.685. The van der Waals surface area contributed by atoms with Gasteiger partial charge in [0.2, 0.25) is 0 Å². The number of ether oxygens (including phenoxy) is 1. The molecular weight excluding hydrogens is 414 g/mol. The van der Waals surface area contributed by atoms with Crippen LogP contribution in [0.4, 0.5) is 4.79 Å². The molecule has 0 saturated heterocycles.